The molecule has 0 bridgehead atoms. The molecule has 10 nitrogen and oxygen atoms in total. The molecular weight excluding hydrogens is 419 g/mol. The van der Waals surface area contributed by atoms with Crippen molar-refractivity contribution in [2.75, 3.05) is 12.3 Å². The second-order valence-electron chi connectivity index (χ2n) is 5.18. The minimum Gasteiger partial charge on any atom is -0.387 e. The summed E-state index contributed by atoms with van der Waals surface area (Å²) in [6, 6.07) is 0. The van der Waals surface area contributed by atoms with E-state index >= 15 is 0 Å². The molecule has 0 aromatic carbocycles. The Hall–Kier alpha value is -1.12. The molecule has 11 heteroatoms. The van der Waals surface area contributed by atoms with Crippen molar-refractivity contribution in [1.29, 1.82) is 0 Å². The van der Waals surface area contributed by atoms with Gasteiger partial charge in [0, 0.05) is 29.0 Å². The Labute approximate surface area is 144 Å². The van der Waals surface area contributed by atoms with E-state index < -0.39 is 24.5 Å². The maximum absolute atomic E-state index is 10.3. The number of nitrogens with zero attached hydrogens (tertiary/aromatic N) is 4. The van der Waals surface area contributed by atoms with Crippen molar-refractivity contribution < 1.29 is 19.8 Å². The Balaban J connectivity index is 2.12. The zero-order chi connectivity index (χ0) is 16.7. The summed E-state index contributed by atoms with van der Waals surface area (Å²) in [5, 5.41) is 20.4. The largest absolute Gasteiger partial charge is 0.387 e. The topological polar surface area (TPSA) is 155 Å². The van der Waals surface area contributed by atoms with E-state index in [1.165, 1.54) is 0 Å². The summed E-state index contributed by atoms with van der Waals surface area (Å²) < 4.78 is 7.80. The number of aromatic nitrogens is 4. The molecule has 3 rings (SSSR count). The van der Waals surface area contributed by atoms with Gasteiger partial charge in [0.15, 0.2) is 27.0 Å². The quantitative estimate of drug-likeness (QED) is 0.271. The lowest BCUT2D eigenvalue weighted by Crippen LogP contribution is -2.34. The van der Waals surface area contributed by atoms with E-state index in [0.717, 1.165) is 0 Å². The molecule has 2 aromatic heterocycles. The highest BCUT2D eigenvalue weighted by Crippen LogP contribution is 2.34. The smallest absolute Gasteiger partial charge is 0.194 e. The first-order valence-electron chi connectivity index (χ1n) is 7.01. The number of ether oxygens (including phenoxy) is 1. The van der Waals surface area contributed by atoms with Crippen LogP contribution in [0.3, 0.4) is 0 Å². The minimum absolute atomic E-state index is 0.0442. The average Bonchev–Trinajstić information content (AvgIpc) is 3.00. The Morgan fingerprint density at radius 3 is 2.70 bits per heavy atom. The highest BCUT2D eigenvalue weighted by atomic mass is 127. The third-order valence-corrected chi connectivity index (χ3v) is 4.26. The number of anilines is 1. The third kappa shape index (κ3) is 2.77. The van der Waals surface area contributed by atoms with Crippen LogP contribution in [0.5, 0.6) is 0 Å². The van der Waals surface area contributed by atoms with Gasteiger partial charge in [-0.1, -0.05) is 6.92 Å². The summed E-state index contributed by atoms with van der Waals surface area (Å²) in [6.45, 7) is 1.86. The van der Waals surface area contributed by atoms with Gasteiger partial charge in [-0.05, 0) is 0 Å². The van der Waals surface area contributed by atoms with Crippen molar-refractivity contribution in [3.63, 3.8) is 0 Å². The van der Waals surface area contributed by atoms with Gasteiger partial charge in [-0.15, -0.1) is 0 Å². The van der Waals surface area contributed by atoms with Crippen molar-refractivity contribution in [2.24, 2.45) is 5.90 Å². The Morgan fingerprint density at radius 2 is 2.04 bits per heavy atom. The van der Waals surface area contributed by atoms with E-state index in [1.54, 1.807) is 4.57 Å². The molecule has 0 saturated carbocycles. The minimum atomic E-state index is -1.17. The molecule has 3 heterocycles. The number of halogens is 1. The molecule has 0 amide bonds. The van der Waals surface area contributed by atoms with Crippen LogP contribution in [0.2, 0.25) is 0 Å². The van der Waals surface area contributed by atoms with Crippen LogP contribution >= 0.6 is 22.6 Å². The fourth-order valence-corrected chi connectivity index (χ4v) is 3.19. The highest BCUT2D eigenvalue weighted by molar-refractivity contribution is 14.1. The number of nitrogen functional groups attached to an aromatic ring is 1. The number of aryl methyl sites for hydroxylation is 1. The van der Waals surface area contributed by atoms with Crippen LogP contribution in [0.4, 0.5) is 5.82 Å². The number of rotatable bonds is 4. The second kappa shape index (κ2) is 6.41. The number of nitrogens with two attached hydrogens (primary N) is 2. The molecule has 0 aliphatic carbocycles. The molecule has 4 atom stereocenters. The Bertz CT molecular complexity index is 725. The first-order valence-corrected chi connectivity index (χ1v) is 8.08. The third-order valence-electron chi connectivity index (χ3n) is 3.78. The maximum Gasteiger partial charge on any atom is 0.194 e. The van der Waals surface area contributed by atoms with E-state index in [0.29, 0.717) is 27.2 Å². The molecule has 2 aromatic rings. The molecule has 1 aliphatic rings. The van der Waals surface area contributed by atoms with Gasteiger partial charge in [0.2, 0.25) is 0 Å². The van der Waals surface area contributed by atoms with Gasteiger partial charge < -0.3 is 25.5 Å². The lowest BCUT2D eigenvalue weighted by Gasteiger charge is -2.19. The molecule has 0 radical (unpaired) electrons. The average molecular weight is 436 g/mol. The lowest BCUT2D eigenvalue weighted by atomic mass is 10.1. The molecule has 0 spiro atoms. The first kappa shape index (κ1) is 16.7. The van der Waals surface area contributed by atoms with Crippen LogP contribution in [0.25, 0.3) is 11.2 Å². The van der Waals surface area contributed by atoms with Gasteiger partial charge >= 0.3 is 0 Å². The van der Waals surface area contributed by atoms with Crippen LogP contribution < -0.4 is 11.6 Å². The zero-order valence-corrected chi connectivity index (χ0v) is 14.4. The fraction of sp³-hybridized carbons (Fsp3) is 0.583. The molecular formula is C12H17IN6O4. The van der Waals surface area contributed by atoms with Crippen molar-refractivity contribution in [3.8, 4) is 0 Å². The van der Waals surface area contributed by atoms with Crippen molar-refractivity contribution in [2.45, 2.75) is 37.9 Å². The van der Waals surface area contributed by atoms with E-state index in [-0.39, 0.29) is 12.4 Å². The second-order valence-corrected chi connectivity index (χ2v) is 6.15. The van der Waals surface area contributed by atoms with Crippen LogP contribution in [-0.2, 0) is 16.0 Å². The zero-order valence-electron chi connectivity index (χ0n) is 12.3. The highest BCUT2D eigenvalue weighted by Gasteiger charge is 2.45. The number of hydrogen-bond donors (Lipinski definition) is 4. The summed E-state index contributed by atoms with van der Waals surface area (Å²) >= 11 is 1.95. The number of aliphatic hydroxyl groups excluding tert-OH is 2. The van der Waals surface area contributed by atoms with E-state index in [4.69, 9.17) is 16.4 Å². The summed E-state index contributed by atoms with van der Waals surface area (Å²) in [5.74, 6) is 5.91. The van der Waals surface area contributed by atoms with Gasteiger partial charge in [0.25, 0.3) is 0 Å². The van der Waals surface area contributed by atoms with Crippen LogP contribution in [0.1, 0.15) is 19.0 Å². The van der Waals surface area contributed by atoms with Gasteiger partial charge in [-0.3, -0.25) is 4.57 Å². The van der Waals surface area contributed by atoms with Crippen molar-refractivity contribution >= 4 is 39.6 Å². The number of aliphatic hydroxyl groups is 2. The summed E-state index contributed by atoms with van der Waals surface area (Å²) in [6.07, 6.45) is -3.36. The molecule has 1 saturated heterocycles. The normalized spacial score (nSPS) is 27.9. The standard InChI is InChI=1S/C12H17IN6O4/c1-2-5-16-6-9(14)17-12(13)18-10(6)19(5)11-8(21)7(20)4(23-11)3-22-15/h4,7-8,11,20-21H,2-3,15H2,1H3,(H2,14,17,18)/t4-,7-,8-,11-/m1/s1. The monoisotopic (exact) mass is 436 g/mol. The number of imidazole rings is 1. The van der Waals surface area contributed by atoms with E-state index in [2.05, 4.69) is 19.8 Å². The maximum atomic E-state index is 10.3. The van der Waals surface area contributed by atoms with Crippen LogP contribution in [0.15, 0.2) is 0 Å². The molecule has 1 aliphatic heterocycles. The van der Waals surface area contributed by atoms with Crippen LogP contribution in [0, 0.1) is 3.83 Å². The predicted molar refractivity (Wildman–Crippen MR) is 87.9 cm³/mol. The van der Waals surface area contributed by atoms with Crippen molar-refractivity contribution in [3.05, 3.63) is 9.66 Å². The van der Waals surface area contributed by atoms with Gasteiger partial charge in [-0.25, -0.2) is 20.8 Å². The summed E-state index contributed by atoms with van der Waals surface area (Å²) in [7, 11) is 0. The Kier molecular flexibility index (Phi) is 4.66. The Morgan fingerprint density at radius 1 is 1.30 bits per heavy atom. The van der Waals surface area contributed by atoms with Gasteiger partial charge in [-0.2, -0.15) is 0 Å². The molecule has 23 heavy (non-hydrogen) atoms. The summed E-state index contributed by atoms with van der Waals surface area (Å²) in [5.41, 5.74) is 6.79. The fourth-order valence-electron chi connectivity index (χ4n) is 2.70. The van der Waals surface area contributed by atoms with E-state index in [1.807, 2.05) is 29.5 Å². The van der Waals surface area contributed by atoms with Crippen molar-refractivity contribution in [1.82, 2.24) is 19.5 Å². The lowest BCUT2D eigenvalue weighted by molar-refractivity contribution is -0.0668. The summed E-state index contributed by atoms with van der Waals surface area (Å²) in [4.78, 5) is 17.4. The van der Waals surface area contributed by atoms with E-state index in [9.17, 15) is 10.2 Å². The molecule has 1 fully saturated rings. The van der Waals surface area contributed by atoms with Gasteiger partial charge in [0.05, 0.1) is 6.61 Å². The molecule has 0 unspecified atom stereocenters. The first-order chi connectivity index (χ1) is 11.0. The molecule has 126 valence electrons. The SMILES string of the molecule is CCc1nc2c(N)nc(I)nc2n1[C@@H]1O[C@H](CON)[C@@H](O)[C@H]1O. The molecule has 6 N–H and O–H groups in total. The predicted octanol–water partition coefficient (Wildman–Crippen LogP) is -0.915. The number of hydrogen-bond acceptors (Lipinski definition) is 9. The number of fused-ring (bicyclic) bond motifs is 1. The van der Waals surface area contributed by atoms with Gasteiger partial charge in [0.1, 0.15) is 24.1 Å². The van der Waals surface area contributed by atoms with Crippen LogP contribution in [-0.4, -0.2) is 54.7 Å².